The van der Waals surface area contributed by atoms with E-state index in [0.29, 0.717) is 0 Å². The average molecular weight is 216 g/mol. The molecule has 0 unspecified atom stereocenters. The lowest BCUT2D eigenvalue weighted by atomic mass is 10.1. The fourth-order valence-electron chi connectivity index (χ4n) is 1.02. The third-order valence-corrected chi connectivity index (χ3v) is 2.21. The van der Waals surface area contributed by atoms with Crippen molar-refractivity contribution in [3.05, 3.63) is 0 Å². The number of amides is 2. The van der Waals surface area contributed by atoms with Crippen molar-refractivity contribution < 1.29 is 14.7 Å². The van der Waals surface area contributed by atoms with Crippen LogP contribution in [0.1, 0.15) is 34.1 Å². The lowest BCUT2D eigenvalue weighted by Gasteiger charge is -2.19. The van der Waals surface area contributed by atoms with Crippen molar-refractivity contribution in [2.45, 2.75) is 46.2 Å². The molecule has 0 saturated heterocycles. The second-order valence-corrected chi connectivity index (χ2v) is 3.99. The lowest BCUT2D eigenvalue weighted by Crippen LogP contribution is -2.50. The van der Waals surface area contributed by atoms with Gasteiger partial charge in [-0.25, -0.2) is 9.59 Å². The van der Waals surface area contributed by atoms with Crippen molar-refractivity contribution in [2.75, 3.05) is 0 Å². The number of rotatable bonds is 5. The van der Waals surface area contributed by atoms with Gasteiger partial charge >= 0.3 is 12.0 Å². The zero-order chi connectivity index (χ0) is 12.0. The maximum Gasteiger partial charge on any atom is 0.326 e. The van der Waals surface area contributed by atoms with Crippen molar-refractivity contribution >= 4 is 12.0 Å². The molecule has 0 saturated carbocycles. The first-order valence-electron chi connectivity index (χ1n) is 5.18. The van der Waals surface area contributed by atoms with Crippen LogP contribution < -0.4 is 10.6 Å². The Hall–Kier alpha value is -1.26. The second-order valence-electron chi connectivity index (χ2n) is 3.99. The summed E-state index contributed by atoms with van der Waals surface area (Å²) < 4.78 is 0. The minimum Gasteiger partial charge on any atom is -0.480 e. The number of urea groups is 1. The number of aliphatic carboxylic acids is 1. The Morgan fingerprint density at radius 1 is 1.20 bits per heavy atom. The van der Waals surface area contributed by atoms with Crippen LogP contribution in [-0.2, 0) is 4.79 Å². The number of nitrogens with one attached hydrogen (secondary N) is 2. The van der Waals surface area contributed by atoms with Crippen molar-refractivity contribution in [1.29, 1.82) is 0 Å². The molecule has 88 valence electrons. The van der Waals surface area contributed by atoms with Gasteiger partial charge in [-0.05, 0) is 19.3 Å². The first-order valence-corrected chi connectivity index (χ1v) is 5.18. The van der Waals surface area contributed by atoms with Crippen molar-refractivity contribution in [2.24, 2.45) is 5.92 Å². The van der Waals surface area contributed by atoms with Gasteiger partial charge in [0.05, 0.1) is 0 Å². The molecule has 0 radical (unpaired) electrons. The molecular weight excluding hydrogens is 196 g/mol. The van der Waals surface area contributed by atoms with Gasteiger partial charge in [0, 0.05) is 6.04 Å². The minimum absolute atomic E-state index is 0.0478. The van der Waals surface area contributed by atoms with Crippen LogP contribution in [0.5, 0.6) is 0 Å². The third kappa shape index (κ3) is 5.24. The number of hydrogen-bond donors (Lipinski definition) is 3. The van der Waals surface area contributed by atoms with E-state index in [2.05, 4.69) is 10.6 Å². The van der Waals surface area contributed by atoms with Crippen LogP contribution in [0.3, 0.4) is 0 Å². The molecule has 0 aromatic carbocycles. The molecule has 0 heterocycles. The van der Waals surface area contributed by atoms with Gasteiger partial charge in [-0.15, -0.1) is 0 Å². The summed E-state index contributed by atoms with van der Waals surface area (Å²) in [6.07, 6.45) is 0.812. The second kappa shape index (κ2) is 6.27. The number of carbonyl (C=O) groups is 2. The van der Waals surface area contributed by atoms with Gasteiger partial charge < -0.3 is 15.7 Å². The van der Waals surface area contributed by atoms with E-state index in [4.69, 9.17) is 5.11 Å². The summed E-state index contributed by atoms with van der Waals surface area (Å²) in [4.78, 5) is 22.1. The summed E-state index contributed by atoms with van der Waals surface area (Å²) >= 11 is 0. The zero-order valence-corrected chi connectivity index (χ0v) is 9.70. The number of carboxylic acids is 1. The summed E-state index contributed by atoms with van der Waals surface area (Å²) in [5.74, 6) is -1.14. The topological polar surface area (TPSA) is 78.4 Å². The highest BCUT2D eigenvalue weighted by molar-refractivity contribution is 5.82. The Kier molecular flexibility index (Phi) is 5.74. The fraction of sp³-hybridized carbons (Fsp3) is 0.800. The predicted octanol–water partition coefficient (Wildman–Crippen LogP) is 1.19. The Morgan fingerprint density at radius 2 is 1.73 bits per heavy atom. The third-order valence-electron chi connectivity index (χ3n) is 2.21. The molecule has 2 atom stereocenters. The summed E-state index contributed by atoms with van der Waals surface area (Å²) in [5, 5.41) is 13.9. The molecule has 2 amide bonds. The van der Waals surface area contributed by atoms with Crippen LogP contribution in [0, 0.1) is 5.92 Å². The van der Waals surface area contributed by atoms with E-state index >= 15 is 0 Å². The molecule has 0 aliphatic rings. The van der Waals surface area contributed by atoms with Crippen LogP contribution in [-0.4, -0.2) is 29.2 Å². The quantitative estimate of drug-likeness (QED) is 0.646. The molecule has 0 aromatic heterocycles. The van der Waals surface area contributed by atoms with Gasteiger partial charge in [0.15, 0.2) is 0 Å². The summed E-state index contributed by atoms with van der Waals surface area (Å²) in [6, 6.07) is -1.22. The molecule has 3 N–H and O–H groups in total. The summed E-state index contributed by atoms with van der Waals surface area (Å²) in [5.41, 5.74) is 0. The van der Waals surface area contributed by atoms with E-state index in [0.717, 1.165) is 6.42 Å². The molecule has 5 heteroatoms. The van der Waals surface area contributed by atoms with Gasteiger partial charge in [-0.2, -0.15) is 0 Å². The van der Waals surface area contributed by atoms with Crippen LogP contribution in [0.4, 0.5) is 4.79 Å². The standard InChI is InChI=1S/C10H20N2O3/c1-5-7(4)11-10(15)12-8(6(2)3)9(13)14/h6-8H,5H2,1-4H3,(H,13,14)(H2,11,12,15)/t7-,8+/m0/s1. The molecule has 0 spiro atoms. The van der Waals surface area contributed by atoms with Crippen LogP contribution in [0.25, 0.3) is 0 Å². The molecule has 0 rings (SSSR count). The van der Waals surface area contributed by atoms with Crippen molar-refractivity contribution in [3.63, 3.8) is 0 Å². The van der Waals surface area contributed by atoms with Gasteiger partial charge in [0.2, 0.25) is 0 Å². The maximum absolute atomic E-state index is 11.3. The van der Waals surface area contributed by atoms with Gasteiger partial charge in [0.25, 0.3) is 0 Å². The average Bonchev–Trinajstić information content (AvgIpc) is 2.12. The zero-order valence-electron chi connectivity index (χ0n) is 9.70. The van der Waals surface area contributed by atoms with Crippen molar-refractivity contribution in [3.8, 4) is 0 Å². The van der Waals surface area contributed by atoms with Gasteiger partial charge in [-0.3, -0.25) is 0 Å². The molecule has 0 fully saturated rings. The van der Waals surface area contributed by atoms with E-state index in [1.807, 2.05) is 13.8 Å². The highest BCUT2D eigenvalue weighted by atomic mass is 16.4. The normalized spacial score (nSPS) is 14.5. The molecular formula is C10H20N2O3. The largest absolute Gasteiger partial charge is 0.480 e. The van der Waals surface area contributed by atoms with Gasteiger partial charge in [-0.1, -0.05) is 20.8 Å². The first kappa shape index (κ1) is 13.7. The highest BCUT2D eigenvalue weighted by Gasteiger charge is 2.23. The lowest BCUT2D eigenvalue weighted by molar-refractivity contribution is -0.140. The predicted molar refractivity (Wildman–Crippen MR) is 57.7 cm³/mol. The Bertz CT molecular complexity index is 229. The molecule has 15 heavy (non-hydrogen) atoms. The first-order chi connectivity index (χ1) is 6.88. The van der Waals surface area contributed by atoms with Crippen LogP contribution >= 0.6 is 0 Å². The highest BCUT2D eigenvalue weighted by Crippen LogP contribution is 2.01. The molecule has 0 aliphatic heterocycles. The minimum atomic E-state index is -1.01. The molecule has 5 nitrogen and oxygen atoms in total. The van der Waals surface area contributed by atoms with Crippen LogP contribution in [0.2, 0.25) is 0 Å². The van der Waals surface area contributed by atoms with Gasteiger partial charge in [0.1, 0.15) is 6.04 Å². The van der Waals surface area contributed by atoms with Crippen molar-refractivity contribution in [1.82, 2.24) is 10.6 Å². The van der Waals surface area contributed by atoms with E-state index in [-0.39, 0.29) is 12.0 Å². The Labute approximate surface area is 90.2 Å². The SMILES string of the molecule is CC[C@H](C)NC(=O)N[C@@H](C(=O)O)C(C)C. The molecule has 0 aliphatic carbocycles. The van der Waals surface area contributed by atoms with E-state index < -0.39 is 18.0 Å². The summed E-state index contributed by atoms with van der Waals surface area (Å²) in [7, 11) is 0. The fourth-order valence-corrected chi connectivity index (χ4v) is 1.02. The van der Waals surface area contributed by atoms with E-state index in [9.17, 15) is 9.59 Å². The summed E-state index contributed by atoms with van der Waals surface area (Å²) in [6.45, 7) is 7.32. The van der Waals surface area contributed by atoms with E-state index in [1.165, 1.54) is 0 Å². The van der Waals surface area contributed by atoms with E-state index in [1.54, 1.807) is 13.8 Å². The Morgan fingerprint density at radius 3 is 2.07 bits per heavy atom. The Balaban J connectivity index is 4.18. The number of carboxylic acid groups (broad SMARTS) is 1. The number of carbonyl (C=O) groups excluding carboxylic acids is 1. The smallest absolute Gasteiger partial charge is 0.326 e. The number of hydrogen-bond acceptors (Lipinski definition) is 2. The molecule has 0 bridgehead atoms. The maximum atomic E-state index is 11.3. The van der Waals surface area contributed by atoms with Crippen LogP contribution in [0.15, 0.2) is 0 Å². The molecule has 0 aromatic rings. The monoisotopic (exact) mass is 216 g/mol.